The summed E-state index contributed by atoms with van der Waals surface area (Å²) in [5.74, 6) is -1.33. The SMILES string of the molecule is CN(Cc1cncc(F)c1)C(C)(C)C(=O)O. The van der Waals surface area contributed by atoms with Crippen molar-refractivity contribution in [3.05, 3.63) is 29.8 Å². The lowest BCUT2D eigenvalue weighted by atomic mass is 10.0. The molecule has 0 saturated carbocycles. The van der Waals surface area contributed by atoms with E-state index in [1.807, 2.05) is 0 Å². The van der Waals surface area contributed by atoms with Crippen LogP contribution in [0.4, 0.5) is 4.39 Å². The second-order valence-corrected chi connectivity index (χ2v) is 4.23. The minimum atomic E-state index is -0.994. The van der Waals surface area contributed by atoms with Crippen molar-refractivity contribution in [2.45, 2.75) is 25.9 Å². The molecule has 0 fully saturated rings. The van der Waals surface area contributed by atoms with Crippen molar-refractivity contribution in [3.8, 4) is 0 Å². The molecular weight excluding hydrogens is 211 g/mol. The van der Waals surface area contributed by atoms with Crippen LogP contribution in [0.3, 0.4) is 0 Å². The largest absolute Gasteiger partial charge is 0.480 e. The molecule has 0 amide bonds. The highest BCUT2D eigenvalue weighted by atomic mass is 19.1. The third-order valence-electron chi connectivity index (χ3n) is 2.66. The van der Waals surface area contributed by atoms with Crippen LogP contribution in [0.25, 0.3) is 0 Å². The lowest BCUT2D eigenvalue weighted by Gasteiger charge is -2.31. The Morgan fingerprint density at radius 3 is 2.69 bits per heavy atom. The fourth-order valence-electron chi connectivity index (χ4n) is 1.18. The van der Waals surface area contributed by atoms with Gasteiger partial charge in [-0.3, -0.25) is 14.7 Å². The first-order valence-corrected chi connectivity index (χ1v) is 4.88. The van der Waals surface area contributed by atoms with Crippen LogP contribution in [0.2, 0.25) is 0 Å². The van der Waals surface area contributed by atoms with E-state index in [0.717, 1.165) is 6.20 Å². The molecule has 1 aromatic heterocycles. The molecule has 0 bridgehead atoms. The Kier molecular flexibility index (Phi) is 3.59. The molecule has 1 N–H and O–H groups in total. The Labute approximate surface area is 93.7 Å². The number of pyridine rings is 1. The average molecular weight is 226 g/mol. The van der Waals surface area contributed by atoms with E-state index in [-0.39, 0.29) is 0 Å². The Morgan fingerprint density at radius 2 is 2.19 bits per heavy atom. The standard InChI is InChI=1S/C11H15FN2O2/c1-11(2,10(15)16)14(3)7-8-4-9(12)6-13-5-8/h4-6H,7H2,1-3H3,(H,15,16). The van der Waals surface area contributed by atoms with Gasteiger partial charge in [0.25, 0.3) is 0 Å². The predicted molar refractivity (Wildman–Crippen MR) is 57.4 cm³/mol. The van der Waals surface area contributed by atoms with Gasteiger partial charge in [0.15, 0.2) is 0 Å². The van der Waals surface area contributed by atoms with Gasteiger partial charge in [0.2, 0.25) is 0 Å². The van der Waals surface area contributed by atoms with E-state index in [0.29, 0.717) is 12.1 Å². The van der Waals surface area contributed by atoms with Crippen LogP contribution in [0.1, 0.15) is 19.4 Å². The zero-order valence-corrected chi connectivity index (χ0v) is 9.57. The molecule has 1 heterocycles. The number of nitrogens with zero attached hydrogens (tertiary/aromatic N) is 2. The van der Waals surface area contributed by atoms with Crippen LogP contribution in [0.5, 0.6) is 0 Å². The first-order valence-electron chi connectivity index (χ1n) is 4.88. The molecule has 0 spiro atoms. The molecule has 16 heavy (non-hydrogen) atoms. The van der Waals surface area contributed by atoms with E-state index in [2.05, 4.69) is 4.98 Å². The summed E-state index contributed by atoms with van der Waals surface area (Å²) in [6.07, 6.45) is 2.64. The molecule has 0 aliphatic heterocycles. The Bertz CT molecular complexity index is 393. The van der Waals surface area contributed by atoms with Crippen molar-refractivity contribution < 1.29 is 14.3 Å². The molecule has 88 valence electrons. The molecule has 0 saturated heterocycles. The van der Waals surface area contributed by atoms with Crippen LogP contribution < -0.4 is 0 Å². The van der Waals surface area contributed by atoms with Crippen LogP contribution >= 0.6 is 0 Å². The minimum absolute atomic E-state index is 0.337. The molecule has 1 aromatic rings. The lowest BCUT2D eigenvalue weighted by molar-refractivity contribution is -0.148. The summed E-state index contributed by atoms with van der Waals surface area (Å²) < 4.78 is 12.9. The molecule has 5 heteroatoms. The van der Waals surface area contributed by atoms with E-state index in [9.17, 15) is 9.18 Å². The third-order valence-corrected chi connectivity index (χ3v) is 2.66. The second-order valence-electron chi connectivity index (χ2n) is 4.23. The fourth-order valence-corrected chi connectivity index (χ4v) is 1.18. The Balaban J connectivity index is 2.79. The first kappa shape index (κ1) is 12.6. The molecule has 4 nitrogen and oxygen atoms in total. The number of likely N-dealkylation sites (N-methyl/N-ethyl adjacent to an activating group) is 1. The molecule has 0 radical (unpaired) electrons. The highest BCUT2D eigenvalue weighted by Crippen LogP contribution is 2.16. The average Bonchev–Trinajstić information content (AvgIpc) is 2.17. The van der Waals surface area contributed by atoms with E-state index < -0.39 is 17.3 Å². The van der Waals surface area contributed by atoms with Crippen LogP contribution in [0.15, 0.2) is 18.5 Å². The third kappa shape index (κ3) is 2.76. The van der Waals surface area contributed by atoms with Crippen molar-refractivity contribution in [1.29, 1.82) is 0 Å². The van der Waals surface area contributed by atoms with E-state index >= 15 is 0 Å². The number of rotatable bonds is 4. The van der Waals surface area contributed by atoms with Gasteiger partial charge in [-0.1, -0.05) is 0 Å². The van der Waals surface area contributed by atoms with Gasteiger partial charge in [0.1, 0.15) is 11.4 Å². The maximum atomic E-state index is 12.9. The van der Waals surface area contributed by atoms with Gasteiger partial charge in [0.05, 0.1) is 6.20 Å². The number of halogens is 1. The molecule has 0 aliphatic carbocycles. The van der Waals surface area contributed by atoms with Crippen molar-refractivity contribution in [2.75, 3.05) is 7.05 Å². The second kappa shape index (κ2) is 4.57. The van der Waals surface area contributed by atoms with Crippen LogP contribution in [-0.2, 0) is 11.3 Å². The molecule has 1 rings (SSSR count). The van der Waals surface area contributed by atoms with Gasteiger partial charge >= 0.3 is 5.97 Å². The quantitative estimate of drug-likeness (QED) is 0.845. The maximum absolute atomic E-state index is 12.9. The topological polar surface area (TPSA) is 53.4 Å². The minimum Gasteiger partial charge on any atom is -0.480 e. The van der Waals surface area contributed by atoms with Crippen molar-refractivity contribution in [2.24, 2.45) is 0 Å². The van der Waals surface area contributed by atoms with Gasteiger partial charge in [-0.2, -0.15) is 0 Å². The number of carboxylic acid groups (broad SMARTS) is 1. The van der Waals surface area contributed by atoms with Gasteiger partial charge in [-0.25, -0.2) is 4.39 Å². The highest BCUT2D eigenvalue weighted by molar-refractivity contribution is 5.77. The van der Waals surface area contributed by atoms with Crippen molar-refractivity contribution >= 4 is 5.97 Å². The number of hydrogen-bond donors (Lipinski definition) is 1. The monoisotopic (exact) mass is 226 g/mol. The zero-order valence-electron chi connectivity index (χ0n) is 9.57. The van der Waals surface area contributed by atoms with Crippen molar-refractivity contribution in [3.63, 3.8) is 0 Å². The predicted octanol–water partition coefficient (Wildman–Crippen LogP) is 1.52. The molecular formula is C11H15FN2O2. The summed E-state index contributed by atoms with van der Waals surface area (Å²) in [6.45, 7) is 3.54. The summed E-state index contributed by atoms with van der Waals surface area (Å²) in [5.41, 5.74) is -0.344. The van der Waals surface area contributed by atoms with Gasteiger partial charge in [-0.05, 0) is 32.5 Å². The number of hydrogen-bond acceptors (Lipinski definition) is 3. The zero-order chi connectivity index (χ0) is 12.3. The maximum Gasteiger partial charge on any atom is 0.323 e. The molecule has 0 unspecified atom stereocenters. The molecule has 0 atom stereocenters. The number of aliphatic carboxylic acids is 1. The van der Waals surface area contributed by atoms with Crippen LogP contribution in [0, 0.1) is 5.82 Å². The first-order chi connectivity index (χ1) is 7.34. The van der Waals surface area contributed by atoms with Gasteiger partial charge in [0, 0.05) is 12.7 Å². The normalized spacial score (nSPS) is 11.8. The molecule has 0 aromatic carbocycles. The summed E-state index contributed by atoms with van der Waals surface area (Å²) in [5, 5.41) is 9.01. The lowest BCUT2D eigenvalue weighted by Crippen LogP contribution is -2.47. The van der Waals surface area contributed by atoms with E-state index in [1.54, 1.807) is 25.8 Å². The Hall–Kier alpha value is -1.49. The van der Waals surface area contributed by atoms with Crippen LogP contribution in [-0.4, -0.2) is 33.5 Å². The summed E-state index contributed by atoms with van der Waals surface area (Å²) in [4.78, 5) is 16.3. The smallest absolute Gasteiger partial charge is 0.323 e. The van der Waals surface area contributed by atoms with E-state index in [1.165, 1.54) is 12.3 Å². The van der Waals surface area contributed by atoms with Crippen molar-refractivity contribution in [1.82, 2.24) is 9.88 Å². The summed E-state index contributed by atoms with van der Waals surface area (Å²) in [6, 6.07) is 1.35. The van der Waals surface area contributed by atoms with E-state index in [4.69, 9.17) is 5.11 Å². The number of carboxylic acids is 1. The summed E-state index contributed by atoms with van der Waals surface area (Å²) in [7, 11) is 1.68. The fraction of sp³-hybridized carbons (Fsp3) is 0.455. The Morgan fingerprint density at radius 1 is 1.56 bits per heavy atom. The highest BCUT2D eigenvalue weighted by Gasteiger charge is 2.31. The summed E-state index contributed by atoms with van der Waals surface area (Å²) >= 11 is 0. The van der Waals surface area contributed by atoms with Gasteiger partial charge in [-0.15, -0.1) is 0 Å². The van der Waals surface area contributed by atoms with Gasteiger partial charge < -0.3 is 5.11 Å². The molecule has 0 aliphatic rings. The number of carbonyl (C=O) groups is 1. The number of aromatic nitrogens is 1.